The maximum absolute atomic E-state index is 13.2. The summed E-state index contributed by atoms with van der Waals surface area (Å²) in [5, 5.41) is 2.28. The number of amides is 3. The van der Waals surface area contributed by atoms with Gasteiger partial charge in [-0.15, -0.1) is 0 Å². The Kier molecular flexibility index (Phi) is 7.91. The predicted molar refractivity (Wildman–Crippen MR) is 142 cm³/mol. The van der Waals surface area contributed by atoms with Gasteiger partial charge in [0.25, 0.3) is 11.1 Å². The standard InChI is InChI=1S/C27H22BrFN2O4S/c1-16-4-3-5-17(2)25(16)30-24(32)14-31-26(33)23(36-27(31)34)13-19-12-20(28)8-11-22(19)35-15-18-6-9-21(29)10-7-18/h3-13H,14-15H2,1-2H3,(H,30,32)/b23-13-. The van der Waals surface area contributed by atoms with Gasteiger partial charge in [-0.3, -0.25) is 19.3 Å². The lowest BCUT2D eigenvalue weighted by Crippen LogP contribution is -2.36. The number of para-hydroxylation sites is 1. The van der Waals surface area contributed by atoms with Gasteiger partial charge in [0.2, 0.25) is 5.91 Å². The first-order valence-corrected chi connectivity index (χ1v) is 12.6. The minimum absolute atomic E-state index is 0.185. The minimum Gasteiger partial charge on any atom is -0.488 e. The fourth-order valence-electron chi connectivity index (χ4n) is 3.62. The minimum atomic E-state index is -0.550. The summed E-state index contributed by atoms with van der Waals surface area (Å²) in [7, 11) is 0. The molecule has 0 aliphatic carbocycles. The van der Waals surface area contributed by atoms with Crippen LogP contribution in [0.1, 0.15) is 22.3 Å². The number of ether oxygens (including phenoxy) is 1. The number of carbonyl (C=O) groups is 3. The molecule has 6 nitrogen and oxygen atoms in total. The van der Waals surface area contributed by atoms with Gasteiger partial charge in [-0.1, -0.05) is 46.3 Å². The number of nitrogens with zero attached hydrogens (tertiary/aromatic N) is 1. The van der Waals surface area contributed by atoms with E-state index in [9.17, 15) is 18.8 Å². The van der Waals surface area contributed by atoms with Crippen LogP contribution >= 0.6 is 27.7 Å². The topological polar surface area (TPSA) is 75.7 Å². The largest absolute Gasteiger partial charge is 0.488 e. The van der Waals surface area contributed by atoms with Gasteiger partial charge in [-0.25, -0.2) is 4.39 Å². The van der Waals surface area contributed by atoms with Crippen molar-refractivity contribution >= 4 is 56.5 Å². The van der Waals surface area contributed by atoms with E-state index in [0.717, 1.165) is 37.8 Å². The van der Waals surface area contributed by atoms with Crippen molar-refractivity contribution in [1.29, 1.82) is 0 Å². The monoisotopic (exact) mass is 568 g/mol. The third-order valence-corrected chi connectivity index (χ3v) is 6.89. The van der Waals surface area contributed by atoms with Crippen LogP contribution in [0.3, 0.4) is 0 Å². The zero-order valence-corrected chi connectivity index (χ0v) is 21.9. The lowest BCUT2D eigenvalue weighted by Gasteiger charge is -2.15. The molecule has 0 aromatic heterocycles. The van der Waals surface area contributed by atoms with Crippen molar-refractivity contribution < 1.29 is 23.5 Å². The molecule has 3 aromatic rings. The summed E-state index contributed by atoms with van der Waals surface area (Å²) in [5.41, 5.74) is 3.81. The number of hydrogen-bond acceptors (Lipinski definition) is 5. The van der Waals surface area contributed by atoms with E-state index in [0.29, 0.717) is 17.0 Å². The number of nitrogens with one attached hydrogen (secondary N) is 1. The summed E-state index contributed by atoms with van der Waals surface area (Å²) >= 11 is 4.18. The molecule has 1 heterocycles. The average Bonchev–Trinajstić information content (AvgIpc) is 3.09. The first-order valence-electron chi connectivity index (χ1n) is 11.0. The second kappa shape index (κ2) is 11.1. The van der Waals surface area contributed by atoms with Crippen LogP contribution < -0.4 is 10.1 Å². The summed E-state index contributed by atoms with van der Waals surface area (Å²) in [6.07, 6.45) is 1.57. The zero-order valence-electron chi connectivity index (χ0n) is 19.5. The molecule has 9 heteroatoms. The second-order valence-corrected chi connectivity index (χ2v) is 10.1. The molecule has 0 radical (unpaired) electrons. The highest BCUT2D eigenvalue weighted by Gasteiger charge is 2.36. The lowest BCUT2D eigenvalue weighted by atomic mass is 10.1. The van der Waals surface area contributed by atoms with E-state index < -0.39 is 17.1 Å². The molecular formula is C27H22BrFN2O4S. The Morgan fingerprint density at radius 3 is 2.47 bits per heavy atom. The predicted octanol–water partition coefficient (Wildman–Crippen LogP) is 6.46. The number of benzene rings is 3. The van der Waals surface area contributed by atoms with Crippen LogP contribution in [-0.2, 0) is 16.2 Å². The highest BCUT2D eigenvalue weighted by molar-refractivity contribution is 9.10. The lowest BCUT2D eigenvalue weighted by molar-refractivity contribution is -0.127. The van der Waals surface area contributed by atoms with Gasteiger partial charge in [-0.05, 0) is 78.7 Å². The molecule has 36 heavy (non-hydrogen) atoms. The van der Waals surface area contributed by atoms with Crippen molar-refractivity contribution in [2.24, 2.45) is 0 Å². The van der Waals surface area contributed by atoms with E-state index >= 15 is 0 Å². The SMILES string of the molecule is Cc1cccc(C)c1NC(=O)CN1C(=O)S/C(=C\c2cc(Br)ccc2OCc2ccc(F)cc2)C1=O. The molecule has 3 amide bonds. The fourth-order valence-corrected chi connectivity index (χ4v) is 4.82. The van der Waals surface area contributed by atoms with E-state index in [4.69, 9.17) is 4.74 Å². The number of rotatable bonds is 7. The number of imide groups is 1. The van der Waals surface area contributed by atoms with Crippen LogP contribution in [0.2, 0.25) is 0 Å². The van der Waals surface area contributed by atoms with Gasteiger partial charge in [0.1, 0.15) is 24.7 Å². The van der Waals surface area contributed by atoms with Crippen molar-refractivity contribution in [2.45, 2.75) is 20.5 Å². The highest BCUT2D eigenvalue weighted by Crippen LogP contribution is 2.35. The average molecular weight is 569 g/mol. The number of aryl methyl sites for hydroxylation is 2. The number of thioether (sulfide) groups is 1. The number of carbonyl (C=O) groups excluding carboxylic acids is 3. The maximum atomic E-state index is 13.2. The third-order valence-electron chi connectivity index (χ3n) is 5.49. The van der Waals surface area contributed by atoms with Crippen LogP contribution in [0.15, 0.2) is 70.0 Å². The smallest absolute Gasteiger partial charge is 0.294 e. The Bertz CT molecular complexity index is 1350. The van der Waals surface area contributed by atoms with Crippen LogP contribution in [0, 0.1) is 19.7 Å². The molecule has 1 aliphatic rings. The first kappa shape index (κ1) is 25.7. The molecule has 1 fully saturated rings. The molecule has 0 saturated carbocycles. The summed E-state index contributed by atoms with van der Waals surface area (Å²) in [4.78, 5) is 39.3. The van der Waals surface area contributed by atoms with E-state index in [1.165, 1.54) is 12.1 Å². The Labute approximate surface area is 220 Å². The molecule has 184 valence electrons. The van der Waals surface area contributed by atoms with E-state index in [2.05, 4.69) is 21.2 Å². The molecule has 4 rings (SSSR count). The van der Waals surface area contributed by atoms with E-state index in [1.807, 2.05) is 32.0 Å². The molecule has 0 unspecified atom stereocenters. The van der Waals surface area contributed by atoms with Gasteiger partial charge in [0, 0.05) is 15.7 Å². The quantitative estimate of drug-likeness (QED) is 0.331. The van der Waals surface area contributed by atoms with Crippen LogP contribution in [0.4, 0.5) is 14.9 Å². The molecule has 0 bridgehead atoms. The van der Waals surface area contributed by atoms with Gasteiger partial charge < -0.3 is 10.1 Å². The summed E-state index contributed by atoms with van der Waals surface area (Å²) < 4.78 is 19.8. The summed E-state index contributed by atoms with van der Waals surface area (Å²) in [6, 6.07) is 16.9. The molecule has 0 atom stereocenters. The Morgan fingerprint density at radius 1 is 1.08 bits per heavy atom. The van der Waals surface area contributed by atoms with Crippen molar-refractivity contribution in [3.8, 4) is 5.75 Å². The number of halogens is 2. The van der Waals surface area contributed by atoms with Crippen LogP contribution in [-0.4, -0.2) is 28.5 Å². The number of anilines is 1. The zero-order chi connectivity index (χ0) is 25.8. The summed E-state index contributed by atoms with van der Waals surface area (Å²) in [5.74, 6) is -0.850. The highest BCUT2D eigenvalue weighted by atomic mass is 79.9. The van der Waals surface area contributed by atoms with E-state index in [-0.39, 0.29) is 23.9 Å². The van der Waals surface area contributed by atoms with Crippen LogP contribution in [0.5, 0.6) is 5.75 Å². The molecule has 0 spiro atoms. The van der Waals surface area contributed by atoms with Crippen molar-refractivity contribution in [3.63, 3.8) is 0 Å². The molecule has 3 aromatic carbocycles. The van der Waals surface area contributed by atoms with Crippen molar-refractivity contribution in [1.82, 2.24) is 4.90 Å². The first-order chi connectivity index (χ1) is 17.2. The van der Waals surface area contributed by atoms with Crippen molar-refractivity contribution in [3.05, 3.63) is 98.1 Å². The van der Waals surface area contributed by atoms with Gasteiger partial charge in [0.15, 0.2) is 0 Å². The molecule has 1 saturated heterocycles. The normalized spacial score (nSPS) is 14.4. The van der Waals surface area contributed by atoms with E-state index in [1.54, 1.807) is 36.4 Å². The Balaban J connectivity index is 1.49. The maximum Gasteiger partial charge on any atom is 0.294 e. The second-order valence-electron chi connectivity index (χ2n) is 8.18. The fraction of sp³-hybridized carbons (Fsp3) is 0.148. The Hall–Kier alpha value is -3.43. The van der Waals surface area contributed by atoms with Gasteiger partial charge >= 0.3 is 0 Å². The molecule has 1 N–H and O–H groups in total. The molecule has 1 aliphatic heterocycles. The van der Waals surface area contributed by atoms with Gasteiger partial charge in [-0.2, -0.15) is 0 Å². The number of hydrogen-bond donors (Lipinski definition) is 1. The third kappa shape index (κ3) is 6.03. The Morgan fingerprint density at radius 2 is 1.78 bits per heavy atom. The summed E-state index contributed by atoms with van der Waals surface area (Å²) in [6.45, 7) is 3.56. The van der Waals surface area contributed by atoms with Crippen molar-refractivity contribution in [2.75, 3.05) is 11.9 Å². The molecular weight excluding hydrogens is 547 g/mol. The van der Waals surface area contributed by atoms with Crippen LogP contribution in [0.25, 0.3) is 6.08 Å². The van der Waals surface area contributed by atoms with Gasteiger partial charge in [0.05, 0.1) is 4.91 Å².